The predicted octanol–water partition coefficient (Wildman–Crippen LogP) is 1.35. The summed E-state index contributed by atoms with van der Waals surface area (Å²) >= 11 is 0. The van der Waals surface area contributed by atoms with Gasteiger partial charge in [-0.25, -0.2) is 4.79 Å². The number of ether oxygens (including phenoxy) is 1. The number of carbonyl (C=O) groups excluding carboxylic acids is 1. The van der Waals surface area contributed by atoms with Crippen molar-refractivity contribution in [2.75, 3.05) is 37.9 Å². The van der Waals surface area contributed by atoms with Crippen LogP contribution in [0.1, 0.15) is 0 Å². The summed E-state index contributed by atoms with van der Waals surface area (Å²) in [7, 11) is 3.77. The molecule has 0 unspecified atom stereocenters. The Balaban J connectivity index is 1.78. The molecular weight excluding hydrogens is 298 g/mol. The Morgan fingerprint density at radius 2 is 2.00 bits per heavy atom. The van der Waals surface area contributed by atoms with Crippen molar-refractivity contribution in [1.82, 2.24) is 15.1 Å². The van der Waals surface area contributed by atoms with Gasteiger partial charge in [-0.3, -0.25) is 5.10 Å². The third kappa shape index (κ3) is 5.97. The van der Waals surface area contributed by atoms with Gasteiger partial charge in [0.1, 0.15) is 18.5 Å². The molecule has 1 heterocycles. The van der Waals surface area contributed by atoms with Gasteiger partial charge in [0.25, 0.3) is 0 Å². The van der Waals surface area contributed by atoms with Crippen molar-refractivity contribution in [2.45, 2.75) is 6.10 Å². The Kier molecular flexibility index (Phi) is 5.95. The first-order valence-corrected chi connectivity index (χ1v) is 7.15. The van der Waals surface area contributed by atoms with Gasteiger partial charge < -0.3 is 25.4 Å². The maximum atomic E-state index is 11.7. The molecule has 2 rings (SSSR count). The van der Waals surface area contributed by atoms with Crippen LogP contribution in [0.5, 0.6) is 5.75 Å². The number of benzene rings is 1. The Bertz CT molecular complexity index is 598. The number of carbonyl (C=O) groups is 1. The van der Waals surface area contributed by atoms with Crippen LogP contribution < -0.4 is 15.4 Å². The molecule has 8 nitrogen and oxygen atoms in total. The summed E-state index contributed by atoms with van der Waals surface area (Å²) in [5.74, 6) is 0.628. The van der Waals surface area contributed by atoms with E-state index in [0.717, 1.165) is 0 Å². The van der Waals surface area contributed by atoms with Crippen LogP contribution in [0, 0.1) is 0 Å². The van der Waals surface area contributed by atoms with Crippen molar-refractivity contribution in [2.24, 2.45) is 0 Å². The molecule has 0 saturated heterocycles. The van der Waals surface area contributed by atoms with Gasteiger partial charge in [-0.05, 0) is 38.4 Å². The van der Waals surface area contributed by atoms with E-state index >= 15 is 0 Å². The lowest BCUT2D eigenvalue weighted by Gasteiger charge is -2.16. The maximum absolute atomic E-state index is 11.7. The van der Waals surface area contributed by atoms with Crippen LogP contribution in [-0.4, -0.2) is 59.6 Å². The van der Waals surface area contributed by atoms with Crippen LogP contribution in [0.3, 0.4) is 0 Å². The van der Waals surface area contributed by atoms with E-state index in [1.54, 1.807) is 30.5 Å². The predicted molar refractivity (Wildman–Crippen MR) is 87.7 cm³/mol. The zero-order chi connectivity index (χ0) is 16.7. The number of anilines is 2. The van der Waals surface area contributed by atoms with Gasteiger partial charge in [-0.15, -0.1) is 0 Å². The van der Waals surface area contributed by atoms with Crippen molar-refractivity contribution in [3.05, 3.63) is 36.7 Å². The van der Waals surface area contributed by atoms with E-state index in [4.69, 9.17) is 4.74 Å². The van der Waals surface area contributed by atoms with Crippen LogP contribution in [0.4, 0.5) is 16.2 Å². The van der Waals surface area contributed by atoms with Crippen LogP contribution in [0.25, 0.3) is 0 Å². The van der Waals surface area contributed by atoms with Gasteiger partial charge >= 0.3 is 6.03 Å². The number of hydrogen-bond donors (Lipinski definition) is 4. The highest BCUT2D eigenvalue weighted by Gasteiger charge is 2.07. The van der Waals surface area contributed by atoms with Crippen LogP contribution in [0.2, 0.25) is 0 Å². The average Bonchev–Trinajstić information content (AvgIpc) is 2.98. The average molecular weight is 319 g/mol. The molecule has 2 amide bonds. The minimum Gasteiger partial charge on any atom is -0.491 e. The fourth-order valence-corrected chi connectivity index (χ4v) is 1.91. The lowest BCUT2D eigenvalue weighted by atomic mass is 10.3. The summed E-state index contributed by atoms with van der Waals surface area (Å²) in [6.07, 6.45) is 2.54. The number of aliphatic hydroxyl groups excluding tert-OH is 1. The second-order valence-corrected chi connectivity index (χ2v) is 5.32. The van der Waals surface area contributed by atoms with Crippen molar-refractivity contribution < 1.29 is 14.6 Å². The van der Waals surface area contributed by atoms with Gasteiger partial charge in [0, 0.05) is 18.4 Å². The smallest absolute Gasteiger partial charge is 0.323 e. The minimum absolute atomic E-state index is 0.214. The van der Waals surface area contributed by atoms with E-state index in [0.29, 0.717) is 23.7 Å². The van der Waals surface area contributed by atoms with Crippen molar-refractivity contribution in [3.8, 4) is 5.75 Å². The molecule has 2 aromatic rings. The molecule has 1 atom stereocenters. The van der Waals surface area contributed by atoms with E-state index in [1.807, 2.05) is 19.0 Å². The van der Waals surface area contributed by atoms with Gasteiger partial charge in [0.2, 0.25) is 0 Å². The molecule has 0 fully saturated rings. The standard InChI is InChI=1S/C15H21N5O3/c1-20(2)9-13(21)10-23-14-5-3-11(4-6-14)18-15(22)19-12-7-16-17-8-12/h3-8,13,21H,9-10H2,1-2H3,(H,16,17)(H2,18,19,22)/t13-/m1/s1. The molecule has 1 aromatic heterocycles. The minimum atomic E-state index is -0.552. The van der Waals surface area contributed by atoms with E-state index < -0.39 is 6.10 Å². The SMILES string of the molecule is CN(C)C[C@@H](O)COc1ccc(NC(=O)Nc2cn[nH]c2)cc1. The van der Waals surface area contributed by atoms with Gasteiger partial charge in [-0.1, -0.05) is 0 Å². The van der Waals surface area contributed by atoms with Crippen molar-refractivity contribution in [3.63, 3.8) is 0 Å². The van der Waals surface area contributed by atoms with Crippen LogP contribution in [0.15, 0.2) is 36.7 Å². The molecule has 0 aliphatic heterocycles. The van der Waals surface area contributed by atoms with Gasteiger partial charge in [-0.2, -0.15) is 5.10 Å². The zero-order valence-corrected chi connectivity index (χ0v) is 13.1. The topological polar surface area (TPSA) is 103 Å². The molecule has 0 saturated carbocycles. The normalized spacial score (nSPS) is 12.0. The number of hydrogen-bond acceptors (Lipinski definition) is 5. The first-order chi connectivity index (χ1) is 11.0. The lowest BCUT2D eigenvalue weighted by molar-refractivity contribution is 0.0831. The summed E-state index contributed by atoms with van der Waals surface area (Å²) in [5.41, 5.74) is 1.21. The number of aromatic nitrogens is 2. The molecule has 0 radical (unpaired) electrons. The number of nitrogens with one attached hydrogen (secondary N) is 3. The highest BCUT2D eigenvalue weighted by molar-refractivity contribution is 5.99. The molecule has 0 bridgehead atoms. The van der Waals surface area contributed by atoms with Crippen LogP contribution >= 0.6 is 0 Å². The molecule has 0 aliphatic rings. The highest BCUT2D eigenvalue weighted by Crippen LogP contribution is 2.16. The number of amides is 2. The first-order valence-electron chi connectivity index (χ1n) is 7.15. The molecule has 4 N–H and O–H groups in total. The summed E-state index contributed by atoms with van der Waals surface area (Å²) in [4.78, 5) is 13.6. The number of aromatic amines is 1. The van der Waals surface area contributed by atoms with Crippen LogP contribution in [-0.2, 0) is 0 Å². The number of likely N-dealkylation sites (N-methyl/N-ethyl adjacent to an activating group) is 1. The number of aliphatic hydroxyl groups is 1. The second kappa shape index (κ2) is 8.16. The molecule has 1 aromatic carbocycles. The molecule has 124 valence electrons. The second-order valence-electron chi connectivity index (χ2n) is 5.32. The zero-order valence-electron chi connectivity index (χ0n) is 13.1. The molecule has 23 heavy (non-hydrogen) atoms. The van der Waals surface area contributed by atoms with E-state index in [-0.39, 0.29) is 12.6 Å². The van der Waals surface area contributed by atoms with Crippen molar-refractivity contribution >= 4 is 17.4 Å². The monoisotopic (exact) mass is 319 g/mol. The molecule has 0 aliphatic carbocycles. The summed E-state index contributed by atoms with van der Waals surface area (Å²) < 4.78 is 5.50. The summed E-state index contributed by atoms with van der Waals surface area (Å²) in [6, 6.07) is 6.55. The van der Waals surface area contributed by atoms with Gasteiger partial charge in [0.05, 0.1) is 11.9 Å². The fraction of sp³-hybridized carbons (Fsp3) is 0.333. The fourth-order valence-electron chi connectivity index (χ4n) is 1.91. The van der Waals surface area contributed by atoms with Crippen molar-refractivity contribution in [1.29, 1.82) is 0 Å². The number of H-pyrrole nitrogens is 1. The quantitative estimate of drug-likeness (QED) is 0.617. The van der Waals surface area contributed by atoms with E-state index in [1.165, 1.54) is 6.20 Å². The summed E-state index contributed by atoms with van der Waals surface area (Å²) in [6.45, 7) is 0.750. The summed E-state index contributed by atoms with van der Waals surface area (Å²) in [5, 5.41) is 21.4. The Morgan fingerprint density at radius 3 is 2.61 bits per heavy atom. The van der Waals surface area contributed by atoms with E-state index in [2.05, 4.69) is 20.8 Å². The Labute approximate surface area is 134 Å². The first kappa shape index (κ1) is 16.8. The Hall–Kier alpha value is -2.58. The lowest BCUT2D eigenvalue weighted by Crippen LogP contribution is -2.30. The molecule has 8 heteroatoms. The largest absolute Gasteiger partial charge is 0.491 e. The third-order valence-corrected chi connectivity index (χ3v) is 2.89. The molecular formula is C15H21N5O3. The highest BCUT2D eigenvalue weighted by atomic mass is 16.5. The molecule has 0 spiro atoms. The maximum Gasteiger partial charge on any atom is 0.323 e. The number of urea groups is 1. The van der Waals surface area contributed by atoms with E-state index in [9.17, 15) is 9.90 Å². The number of rotatable bonds is 7. The van der Waals surface area contributed by atoms with Gasteiger partial charge in [0.15, 0.2) is 0 Å². The Morgan fingerprint density at radius 1 is 1.30 bits per heavy atom. The third-order valence-electron chi connectivity index (χ3n) is 2.89. The number of nitrogens with zero attached hydrogens (tertiary/aromatic N) is 2.